The van der Waals surface area contributed by atoms with E-state index in [1.807, 2.05) is 6.08 Å². The van der Waals surface area contributed by atoms with Crippen LogP contribution in [0.25, 0.3) is 0 Å². The highest BCUT2D eigenvalue weighted by molar-refractivity contribution is 5.55. The van der Waals surface area contributed by atoms with E-state index in [2.05, 4.69) is 4.99 Å². The molecule has 0 spiro atoms. The molecule has 0 aromatic heterocycles. The zero-order valence-corrected chi connectivity index (χ0v) is 4.74. The Balaban J connectivity index is 2.40. The van der Waals surface area contributed by atoms with Crippen molar-refractivity contribution in [3.05, 3.63) is 12.3 Å². The molecular formula is C5H8N2O. The summed E-state index contributed by atoms with van der Waals surface area (Å²) in [5.74, 6) is 0. The highest BCUT2D eigenvalue weighted by Crippen LogP contribution is 1.90. The minimum atomic E-state index is 0.792. The summed E-state index contributed by atoms with van der Waals surface area (Å²) in [5, 5.41) is 1.64. The third kappa shape index (κ3) is 1.07. The Kier molecular flexibility index (Phi) is 1.64. The molecule has 0 amide bonds. The van der Waals surface area contributed by atoms with Crippen LogP contribution in [0.3, 0.4) is 0 Å². The van der Waals surface area contributed by atoms with Gasteiger partial charge in [-0.2, -0.15) is 0 Å². The van der Waals surface area contributed by atoms with E-state index in [4.69, 9.17) is 4.84 Å². The van der Waals surface area contributed by atoms with Crippen LogP contribution in [0, 0.1) is 0 Å². The number of hydrogen-bond acceptors (Lipinski definition) is 3. The van der Waals surface area contributed by atoms with Crippen molar-refractivity contribution >= 4 is 6.34 Å². The molecule has 0 N–H and O–H groups in total. The molecule has 0 aromatic rings. The molecule has 0 aliphatic carbocycles. The summed E-state index contributed by atoms with van der Waals surface area (Å²) >= 11 is 0. The fraction of sp³-hybridized carbons (Fsp3) is 0.400. The Hall–Kier alpha value is -0.830. The molecule has 1 aliphatic heterocycles. The normalized spacial score (nSPS) is 17.4. The van der Waals surface area contributed by atoms with Gasteiger partial charge in [0.15, 0.2) is 0 Å². The molecule has 0 saturated heterocycles. The Morgan fingerprint density at radius 3 is 3.00 bits per heavy atom. The van der Waals surface area contributed by atoms with Gasteiger partial charge in [-0.15, -0.1) is 0 Å². The monoisotopic (exact) mass is 112 g/mol. The molecule has 1 heterocycles. The smallest absolute Gasteiger partial charge is 0.116 e. The number of rotatable bonds is 1. The molecule has 0 atom stereocenters. The number of hydroxylamine groups is 2. The minimum absolute atomic E-state index is 0.792. The van der Waals surface area contributed by atoms with Crippen molar-refractivity contribution in [3.63, 3.8) is 0 Å². The molecule has 8 heavy (non-hydrogen) atoms. The number of aliphatic imine (C=N–C) groups is 1. The van der Waals surface area contributed by atoms with Gasteiger partial charge in [-0.05, 0) is 6.08 Å². The molecular weight excluding hydrogens is 104 g/mol. The van der Waals surface area contributed by atoms with E-state index >= 15 is 0 Å². The maximum Gasteiger partial charge on any atom is 0.116 e. The van der Waals surface area contributed by atoms with Crippen molar-refractivity contribution < 1.29 is 4.84 Å². The summed E-state index contributed by atoms with van der Waals surface area (Å²) in [5.41, 5.74) is 0. The van der Waals surface area contributed by atoms with E-state index in [1.54, 1.807) is 24.7 Å². The van der Waals surface area contributed by atoms with E-state index in [1.165, 1.54) is 0 Å². The SMILES string of the molecule is CON1C=NC=CC1. The van der Waals surface area contributed by atoms with Crippen molar-refractivity contribution in [1.29, 1.82) is 0 Å². The standard InChI is InChI=1S/C5H8N2O/c1-8-7-4-2-3-6-5-7/h2-3,5H,4H2,1H3. The van der Waals surface area contributed by atoms with Crippen LogP contribution in [0.2, 0.25) is 0 Å². The fourth-order valence-corrected chi connectivity index (χ4v) is 0.494. The maximum absolute atomic E-state index is 4.82. The predicted molar refractivity (Wildman–Crippen MR) is 31.3 cm³/mol. The molecule has 3 nitrogen and oxygen atoms in total. The summed E-state index contributed by atoms with van der Waals surface area (Å²) in [6.07, 6.45) is 5.30. The van der Waals surface area contributed by atoms with Gasteiger partial charge in [-0.3, -0.25) is 4.84 Å². The van der Waals surface area contributed by atoms with Crippen LogP contribution < -0.4 is 0 Å². The van der Waals surface area contributed by atoms with Crippen LogP contribution >= 0.6 is 0 Å². The summed E-state index contributed by atoms with van der Waals surface area (Å²) in [4.78, 5) is 8.65. The lowest BCUT2D eigenvalue weighted by atomic mass is 10.5. The Morgan fingerprint density at radius 1 is 1.75 bits per heavy atom. The predicted octanol–water partition coefficient (Wildman–Crippen LogP) is 0.405. The lowest BCUT2D eigenvalue weighted by molar-refractivity contribution is -0.0508. The summed E-state index contributed by atoms with van der Waals surface area (Å²) in [6, 6.07) is 0. The highest BCUT2D eigenvalue weighted by Gasteiger charge is 1.94. The van der Waals surface area contributed by atoms with Crippen LogP contribution in [0.5, 0.6) is 0 Å². The summed E-state index contributed by atoms with van der Waals surface area (Å²) in [7, 11) is 1.62. The van der Waals surface area contributed by atoms with Crippen molar-refractivity contribution in [2.24, 2.45) is 4.99 Å². The Labute approximate surface area is 48.2 Å². The quantitative estimate of drug-likeness (QED) is 0.490. The van der Waals surface area contributed by atoms with Crippen molar-refractivity contribution in [3.8, 4) is 0 Å². The topological polar surface area (TPSA) is 24.8 Å². The van der Waals surface area contributed by atoms with Gasteiger partial charge in [0.25, 0.3) is 0 Å². The first-order chi connectivity index (χ1) is 3.93. The lowest BCUT2D eigenvalue weighted by Gasteiger charge is -2.14. The molecule has 0 bridgehead atoms. The second-order valence-corrected chi connectivity index (χ2v) is 1.43. The lowest BCUT2D eigenvalue weighted by Crippen LogP contribution is -2.21. The average molecular weight is 112 g/mol. The van der Waals surface area contributed by atoms with E-state index in [0.717, 1.165) is 6.54 Å². The fourth-order valence-electron chi connectivity index (χ4n) is 0.494. The minimum Gasteiger partial charge on any atom is -0.276 e. The highest BCUT2D eigenvalue weighted by atomic mass is 16.7. The number of nitrogens with zero attached hydrogens (tertiary/aromatic N) is 2. The van der Waals surface area contributed by atoms with Crippen LogP contribution in [-0.2, 0) is 4.84 Å². The Bertz CT molecular complexity index is 120. The molecule has 0 aromatic carbocycles. The van der Waals surface area contributed by atoms with Crippen molar-refractivity contribution in [2.75, 3.05) is 13.7 Å². The molecule has 0 saturated carbocycles. The molecule has 1 aliphatic rings. The third-order valence-corrected chi connectivity index (χ3v) is 0.907. The first-order valence-corrected chi connectivity index (χ1v) is 2.42. The van der Waals surface area contributed by atoms with Gasteiger partial charge in [0, 0.05) is 6.20 Å². The van der Waals surface area contributed by atoms with Crippen LogP contribution in [0.15, 0.2) is 17.3 Å². The van der Waals surface area contributed by atoms with Crippen molar-refractivity contribution in [2.45, 2.75) is 0 Å². The summed E-state index contributed by atoms with van der Waals surface area (Å²) < 4.78 is 0. The maximum atomic E-state index is 4.82. The van der Waals surface area contributed by atoms with Gasteiger partial charge in [-0.25, -0.2) is 10.1 Å². The van der Waals surface area contributed by atoms with Crippen LogP contribution in [0.4, 0.5) is 0 Å². The largest absolute Gasteiger partial charge is 0.276 e. The second-order valence-electron chi connectivity index (χ2n) is 1.43. The Morgan fingerprint density at radius 2 is 2.62 bits per heavy atom. The van der Waals surface area contributed by atoms with E-state index < -0.39 is 0 Å². The van der Waals surface area contributed by atoms with Crippen LogP contribution in [0.1, 0.15) is 0 Å². The summed E-state index contributed by atoms with van der Waals surface area (Å²) in [6.45, 7) is 0.792. The zero-order valence-electron chi connectivity index (χ0n) is 4.74. The first-order valence-electron chi connectivity index (χ1n) is 2.42. The molecule has 0 radical (unpaired) electrons. The van der Waals surface area contributed by atoms with Gasteiger partial charge in [0.2, 0.25) is 0 Å². The molecule has 44 valence electrons. The third-order valence-electron chi connectivity index (χ3n) is 0.907. The van der Waals surface area contributed by atoms with E-state index in [9.17, 15) is 0 Å². The zero-order chi connectivity index (χ0) is 5.82. The first kappa shape index (κ1) is 5.31. The average Bonchev–Trinajstić information content (AvgIpc) is 1.90. The molecule has 1 rings (SSSR count). The van der Waals surface area contributed by atoms with Crippen LogP contribution in [-0.4, -0.2) is 25.1 Å². The van der Waals surface area contributed by atoms with Gasteiger partial charge in [-0.1, -0.05) is 0 Å². The van der Waals surface area contributed by atoms with Gasteiger partial charge in [0.05, 0.1) is 13.7 Å². The molecule has 0 fully saturated rings. The van der Waals surface area contributed by atoms with E-state index in [-0.39, 0.29) is 0 Å². The van der Waals surface area contributed by atoms with Gasteiger partial charge in [0.1, 0.15) is 6.34 Å². The second kappa shape index (κ2) is 2.47. The van der Waals surface area contributed by atoms with Gasteiger partial charge < -0.3 is 0 Å². The van der Waals surface area contributed by atoms with E-state index in [0.29, 0.717) is 0 Å². The van der Waals surface area contributed by atoms with Crippen molar-refractivity contribution in [1.82, 2.24) is 5.06 Å². The molecule has 0 unspecified atom stereocenters. The van der Waals surface area contributed by atoms with Gasteiger partial charge >= 0.3 is 0 Å². The molecule has 3 heteroatoms. The number of hydrogen-bond donors (Lipinski definition) is 0.